The zero-order valence-electron chi connectivity index (χ0n) is 7.36. The van der Waals surface area contributed by atoms with E-state index in [4.69, 9.17) is 4.42 Å². The molecule has 70 valence electrons. The zero-order chi connectivity index (χ0) is 9.10. The lowest BCUT2D eigenvalue weighted by atomic mass is 10.4. The van der Waals surface area contributed by atoms with Crippen molar-refractivity contribution in [3.05, 3.63) is 18.4 Å². The third-order valence-corrected chi connectivity index (χ3v) is 2.90. The summed E-state index contributed by atoms with van der Waals surface area (Å²) in [6.07, 6.45) is 3.04. The lowest BCUT2D eigenvalue weighted by Crippen LogP contribution is -2.23. The van der Waals surface area contributed by atoms with Crippen molar-refractivity contribution >= 4 is 16.9 Å². The highest BCUT2D eigenvalue weighted by Crippen LogP contribution is 2.13. The SMILES string of the molecule is CC1CSC(=NCc2cocn2)N1. The van der Waals surface area contributed by atoms with Crippen LogP contribution in [0.2, 0.25) is 0 Å². The Bertz CT molecular complexity index is 296. The van der Waals surface area contributed by atoms with Crippen LogP contribution in [0, 0.1) is 0 Å². The Hall–Kier alpha value is -0.970. The molecule has 0 aromatic carbocycles. The Balaban J connectivity index is 1.91. The first-order valence-corrected chi connectivity index (χ1v) is 5.14. The van der Waals surface area contributed by atoms with E-state index in [1.807, 2.05) is 0 Å². The summed E-state index contributed by atoms with van der Waals surface area (Å²) < 4.78 is 4.84. The van der Waals surface area contributed by atoms with Crippen molar-refractivity contribution in [1.29, 1.82) is 0 Å². The number of hydrogen-bond donors (Lipinski definition) is 1. The average molecular weight is 197 g/mol. The molecule has 1 saturated heterocycles. The minimum atomic E-state index is 0.529. The number of aromatic nitrogens is 1. The fraction of sp³-hybridized carbons (Fsp3) is 0.500. The minimum Gasteiger partial charge on any atom is -0.451 e. The summed E-state index contributed by atoms with van der Waals surface area (Å²) in [5.74, 6) is 1.09. The predicted octanol–water partition coefficient (Wildman–Crippen LogP) is 1.26. The molecule has 2 rings (SSSR count). The van der Waals surface area contributed by atoms with E-state index >= 15 is 0 Å². The number of aliphatic imine (C=N–C) groups is 1. The fourth-order valence-corrected chi connectivity index (χ4v) is 1.99. The molecule has 1 aliphatic heterocycles. The molecule has 4 nitrogen and oxygen atoms in total. The Morgan fingerprint density at radius 3 is 3.38 bits per heavy atom. The first-order valence-electron chi connectivity index (χ1n) is 4.15. The van der Waals surface area contributed by atoms with Crippen LogP contribution in [0.1, 0.15) is 12.6 Å². The van der Waals surface area contributed by atoms with Crippen molar-refractivity contribution in [3.8, 4) is 0 Å². The molecule has 0 radical (unpaired) electrons. The average Bonchev–Trinajstić information content (AvgIpc) is 2.71. The topological polar surface area (TPSA) is 50.4 Å². The number of nitrogens with one attached hydrogen (secondary N) is 1. The largest absolute Gasteiger partial charge is 0.451 e. The van der Waals surface area contributed by atoms with Crippen LogP contribution in [0.3, 0.4) is 0 Å². The quantitative estimate of drug-likeness (QED) is 0.775. The van der Waals surface area contributed by atoms with Crippen LogP contribution in [0.5, 0.6) is 0 Å². The van der Waals surface area contributed by atoms with Gasteiger partial charge in [-0.05, 0) is 6.92 Å². The molecule has 1 atom stereocenters. The Morgan fingerprint density at radius 1 is 1.85 bits per heavy atom. The van der Waals surface area contributed by atoms with Crippen molar-refractivity contribution in [2.45, 2.75) is 19.5 Å². The van der Waals surface area contributed by atoms with Crippen LogP contribution in [0.15, 0.2) is 22.1 Å². The second-order valence-electron chi connectivity index (χ2n) is 2.96. The van der Waals surface area contributed by atoms with E-state index in [9.17, 15) is 0 Å². The zero-order valence-corrected chi connectivity index (χ0v) is 8.17. The molecule has 2 heterocycles. The maximum absolute atomic E-state index is 4.84. The maximum atomic E-state index is 4.84. The molecule has 1 aromatic rings. The van der Waals surface area contributed by atoms with Gasteiger partial charge in [-0.3, -0.25) is 4.99 Å². The Labute approximate surface area is 80.8 Å². The second kappa shape index (κ2) is 3.83. The van der Waals surface area contributed by atoms with Crippen molar-refractivity contribution in [3.63, 3.8) is 0 Å². The van der Waals surface area contributed by atoms with E-state index in [0.29, 0.717) is 12.6 Å². The third kappa shape index (κ3) is 2.24. The van der Waals surface area contributed by atoms with Gasteiger partial charge in [0.05, 0.1) is 6.54 Å². The summed E-state index contributed by atoms with van der Waals surface area (Å²) in [5.41, 5.74) is 0.870. The van der Waals surface area contributed by atoms with Crippen LogP contribution in [0.25, 0.3) is 0 Å². The van der Waals surface area contributed by atoms with E-state index in [1.165, 1.54) is 6.39 Å². The molecule has 1 N–H and O–H groups in total. The summed E-state index contributed by atoms with van der Waals surface area (Å²) in [5, 5.41) is 4.28. The van der Waals surface area contributed by atoms with Crippen molar-refractivity contribution in [1.82, 2.24) is 10.3 Å². The lowest BCUT2D eigenvalue weighted by molar-refractivity contribution is 0.556. The number of thioether (sulfide) groups is 1. The van der Waals surface area contributed by atoms with Gasteiger partial charge < -0.3 is 9.73 Å². The number of rotatable bonds is 2. The first-order chi connectivity index (χ1) is 6.34. The number of amidine groups is 1. The van der Waals surface area contributed by atoms with Gasteiger partial charge in [-0.25, -0.2) is 4.98 Å². The van der Waals surface area contributed by atoms with Gasteiger partial charge in [0, 0.05) is 11.8 Å². The summed E-state index contributed by atoms with van der Waals surface area (Å²) in [6, 6.07) is 0.529. The Morgan fingerprint density at radius 2 is 2.77 bits per heavy atom. The molecular weight excluding hydrogens is 186 g/mol. The van der Waals surface area contributed by atoms with Crippen molar-refractivity contribution < 1.29 is 4.42 Å². The van der Waals surface area contributed by atoms with Crippen LogP contribution in [-0.2, 0) is 6.54 Å². The van der Waals surface area contributed by atoms with Gasteiger partial charge in [0.25, 0.3) is 0 Å². The summed E-state index contributed by atoms with van der Waals surface area (Å²) >= 11 is 1.75. The van der Waals surface area contributed by atoms with E-state index in [0.717, 1.165) is 16.6 Å². The van der Waals surface area contributed by atoms with Gasteiger partial charge in [0.15, 0.2) is 11.6 Å². The minimum absolute atomic E-state index is 0.529. The molecule has 0 saturated carbocycles. The fourth-order valence-electron chi connectivity index (χ4n) is 1.06. The molecule has 1 unspecified atom stereocenters. The summed E-state index contributed by atoms with van der Waals surface area (Å²) in [7, 11) is 0. The molecule has 1 aromatic heterocycles. The molecule has 1 fully saturated rings. The molecule has 0 amide bonds. The first kappa shape index (κ1) is 8.62. The van der Waals surface area contributed by atoms with E-state index in [-0.39, 0.29) is 0 Å². The monoisotopic (exact) mass is 197 g/mol. The van der Waals surface area contributed by atoms with Crippen LogP contribution >= 0.6 is 11.8 Å². The molecule has 5 heteroatoms. The molecular formula is C8H11N3OS. The van der Waals surface area contributed by atoms with E-state index in [1.54, 1.807) is 18.0 Å². The van der Waals surface area contributed by atoms with Gasteiger partial charge >= 0.3 is 0 Å². The normalized spacial score (nSPS) is 25.0. The van der Waals surface area contributed by atoms with Crippen molar-refractivity contribution in [2.75, 3.05) is 5.75 Å². The molecule has 0 spiro atoms. The Kier molecular flexibility index (Phi) is 2.54. The van der Waals surface area contributed by atoms with Crippen molar-refractivity contribution in [2.24, 2.45) is 4.99 Å². The number of oxazole rings is 1. The van der Waals surface area contributed by atoms with Gasteiger partial charge in [-0.1, -0.05) is 11.8 Å². The molecule has 0 bridgehead atoms. The maximum Gasteiger partial charge on any atom is 0.180 e. The van der Waals surface area contributed by atoms with E-state index in [2.05, 4.69) is 22.2 Å². The highest BCUT2D eigenvalue weighted by atomic mass is 32.2. The molecule has 0 aliphatic carbocycles. The number of nitrogens with zero attached hydrogens (tertiary/aromatic N) is 2. The highest BCUT2D eigenvalue weighted by molar-refractivity contribution is 8.14. The van der Waals surface area contributed by atoms with Gasteiger partial charge in [0.2, 0.25) is 0 Å². The van der Waals surface area contributed by atoms with E-state index < -0.39 is 0 Å². The van der Waals surface area contributed by atoms with Gasteiger partial charge in [-0.2, -0.15) is 0 Å². The number of hydrogen-bond acceptors (Lipinski definition) is 4. The van der Waals surface area contributed by atoms with Gasteiger partial charge in [0.1, 0.15) is 12.0 Å². The smallest absolute Gasteiger partial charge is 0.180 e. The molecule has 1 aliphatic rings. The second-order valence-corrected chi connectivity index (χ2v) is 3.97. The van der Waals surface area contributed by atoms with Crippen LogP contribution in [-0.4, -0.2) is 21.9 Å². The van der Waals surface area contributed by atoms with Gasteiger partial charge in [-0.15, -0.1) is 0 Å². The van der Waals surface area contributed by atoms with Crippen LogP contribution < -0.4 is 5.32 Å². The standard InChI is InChI=1S/C8H11N3OS/c1-6-4-13-8(11-6)9-2-7-3-12-5-10-7/h3,5-6H,2,4H2,1H3,(H,9,11). The summed E-state index contributed by atoms with van der Waals surface area (Å²) in [6.45, 7) is 2.74. The lowest BCUT2D eigenvalue weighted by Gasteiger charge is -1.99. The summed E-state index contributed by atoms with van der Waals surface area (Å²) in [4.78, 5) is 8.35. The highest BCUT2D eigenvalue weighted by Gasteiger charge is 2.14. The van der Waals surface area contributed by atoms with Crippen LogP contribution in [0.4, 0.5) is 0 Å². The predicted molar refractivity (Wildman–Crippen MR) is 52.7 cm³/mol. The third-order valence-electron chi connectivity index (χ3n) is 1.71. The molecule has 13 heavy (non-hydrogen) atoms.